The molecule has 2 aliphatic rings. The van der Waals surface area contributed by atoms with Crippen LogP contribution in [0.25, 0.3) is 0 Å². The fraction of sp³-hybridized carbons (Fsp3) is 0.531. The number of likely N-dealkylation sites (tertiary alicyclic amines) is 2. The molecule has 2 aromatic carbocycles. The summed E-state index contributed by atoms with van der Waals surface area (Å²) in [4.78, 5) is 162. The first kappa shape index (κ1) is 64.3. The molecule has 0 radical (unpaired) electrons. The number of nitrogens with zero attached hydrogens (tertiary/aromatic N) is 5. The van der Waals surface area contributed by atoms with Crippen molar-refractivity contribution < 1.29 is 57.8 Å². The van der Waals surface area contributed by atoms with E-state index in [0.29, 0.717) is 25.7 Å². The minimum Gasteiger partial charge on any atom is -0.398 e. The van der Waals surface area contributed by atoms with Crippen LogP contribution >= 0.6 is 0 Å². The van der Waals surface area contributed by atoms with Crippen molar-refractivity contribution in [2.75, 3.05) is 50.3 Å². The number of nitrogens with one attached hydrogen (secondary N) is 7. The summed E-state index contributed by atoms with van der Waals surface area (Å²) >= 11 is 0. The summed E-state index contributed by atoms with van der Waals surface area (Å²) in [6.45, 7) is 1.52. The van der Waals surface area contributed by atoms with Crippen LogP contribution < -0.4 is 71.6 Å². The Bertz CT molecular complexity index is 2690. The number of amides is 10. The highest BCUT2D eigenvalue weighted by Gasteiger charge is 2.41. The summed E-state index contributed by atoms with van der Waals surface area (Å²) in [5.41, 5.74) is 32.4. The Morgan fingerprint density at radius 3 is 1.86 bits per heavy atom. The van der Waals surface area contributed by atoms with Crippen LogP contribution in [0.5, 0.6) is 0 Å². The maximum absolute atomic E-state index is 14.4. The molecule has 0 aliphatic carbocycles. The fourth-order valence-corrected chi connectivity index (χ4v) is 9.11. The molecule has 19 N–H and O–H groups in total. The van der Waals surface area contributed by atoms with E-state index in [-0.39, 0.29) is 107 Å². The van der Waals surface area contributed by atoms with Gasteiger partial charge in [0.2, 0.25) is 53.2 Å². The van der Waals surface area contributed by atoms with Gasteiger partial charge in [-0.15, -0.1) is 0 Å². The second-order valence-electron chi connectivity index (χ2n) is 19.2. The molecular weight excluding hydrogens is 1060 g/mol. The van der Waals surface area contributed by atoms with Crippen molar-refractivity contribution in [2.45, 2.75) is 126 Å². The number of anilines is 2. The predicted octanol–water partition coefficient (Wildman–Crippen LogP) is -3.32. The monoisotopic (exact) mass is 1140 g/mol. The normalized spacial score (nSPS) is 16.5. The van der Waals surface area contributed by atoms with Crippen LogP contribution in [0.4, 0.5) is 22.7 Å². The number of carbonyl (C=O) groups is 10. The van der Waals surface area contributed by atoms with Gasteiger partial charge in [0.15, 0.2) is 5.96 Å². The summed E-state index contributed by atoms with van der Waals surface area (Å²) in [5, 5.41) is 40.9. The van der Waals surface area contributed by atoms with E-state index >= 15 is 0 Å². The topological polar surface area (TPSA) is 516 Å². The van der Waals surface area contributed by atoms with Crippen LogP contribution in [0.1, 0.15) is 94.3 Å². The van der Waals surface area contributed by atoms with E-state index in [1.807, 2.05) is 0 Å². The Labute approximate surface area is 464 Å². The van der Waals surface area contributed by atoms with E-state index in [4.69, 9.17) is 34.4 Å². The Morgan fingerprint density at radius 1 is 0.679 bits per heavy atom. The molecule has 0 spiro atoms. The molecule has 2 aliphatic heterocycles. The third-order valence-corrected chi connectivity index (χ3v) is 13.2. The Balaban J connectivity index is 1.45. The molecule has 2 heterocycles. The number of non-ortho nitro benzene ring substituents is 1. The third-order valence-electron chi connectivity index (χ3n) is 13.2. The molecule has 0 aromatic heterocycles. The molecule has 2 fully saturated rings. The second kappa shape index (κ2) is 31.4. The molecule has 442 valence electrons. The van der Waals surface area contributed by atoms with Crippen LogP contribution in [-0.4, -0.2) is 166 Å². The van der Waals surface area contributed by atoms with Gasteiger partial charge in [-0.25, -0.2) is 0 Å². The van der Waals surface area contributed by atoms with Crippen molar-refractivity contribution in [2.24, 2.45) is 33.7 Å². The number of nitrogens with two attached hydrogens (primary N) is 6. The SMILES string of the molecule is C[C@H](NC(=O)[C@H](CCCN=C(N)N)NC(=O)[C@@H]1CCCN1C(=O)[C@H](CCCCN)NC(=O)[C@H](CC(N)=O)NC(=O)c1ccccc1N)C(=O)N1CCC[C@H]1C(=O)N[C@@H](CCC(N)=O)C(=O)NCCNc1ccc([N+](=O)[O-])cc1[N+](=O)[O-]. The number of aliphatic imine (C=N–C) groups is 1. The molecule has 2 aromatic rings. The molecule has 0 saturated carbocycles. The molecule has 2 saturated heterocycles. The largest absolute Gasteiger partial charge is 0.398 e. The van der Waals surface area contributed by atoms with Gasteiger partial charge in [-0.1, -0.05) is 12.1 Å². The number of nitro benzene ring substituents is 2. The van der Waals surface area contributed by atoms with Crippen LogP contribution in [0, 0.1) is 20.2 Å². The third kappa shape index (κ3) is 19.6. The highest BCUT2D eigenvalue weighted by atomic mass is 16.6. The average molecular weight is 1140 g/mol. The summed E-state index contributed by atoms with van der Waals surface area (Å²) in [6.07, 6.45) is 0.711. The highest BCUT2D eigenvalue weighted by Crippen LogP contribution is 2.29. The number of nitro groups is 2. The van der Waals surface area contributed by atoms with Gasteiger partial charge in [0.1, 0.15) is 48.0 Å². The standard InChI is InChI=1S/C49H72N18O14/c1-27(47(76)64-23-7-13-36(64)45(74)61-33(17-18-39(52)68)42(71)57-22-21-56-31-16-15-28(66(78)79)25-38(31)67(80)81)59-43(72)32(12-6-20-58-49(54)55)60-46(75)37-14-8-24-65(37)48(77)34(11-4-5-19-50)62-44(73)35(26-40(53)69)63-41(70)29-9-2-3-10-30(29)51/h2-3,9-10,15-16,25,27,32-37,56H,4-8,11-14,17-24,26,50-51H2,1H3,(H2,52,68)(H2,53,69)(H,57,71)(H,59,72)(H,60,75)(H,61,74)(H,62,73)(H,63,70)(H4,54,55,58)/t27-,32-,33-,34-,35-,36-,37-/m0/s1. The van der Waals surface area contributed by atoms with Crippen molar-refractivity contribution in [3.8, 4) is 0 Å². The molecule has 0 unspecified atom stereocenters. The molecule has 32 nitrogen and oxygen atoms in total. The number of primary amides is 2. The number of para-hydroxylation sites is 1. The first-order chi connectivity index (χ1) is 38.4. The summed E-state index contributed by atoms with van der Waals surface area (Å²) in [5.74, 6) is -8.12. The summed E-state index contributed by atoms with van der Waals surface area (Å²) in [7, 11) is 0. The maximum atomic E-state index is 14.4. The van der Waals surface area contributed by atoms with E-state index in [2.05, 4.69) is 42.2 Å². The minimum atomic E-state index is -1.53. The average Bonchev–Trinajstić information content (AvgIpc) is 4.12. The Morgan fingerprint density at radius 2 is 1.28 bits per heavy atom. The van der Waals surface area contributed by atoms with Crippen molar-refractivity contribution in [1.82, 2.24) is 41.7 Å². The number of benzene rings is 2. The van der Waals surface area contributed by atoms with Crippen molar-refractivity contribution >= 4 is 87.8 Å². The zero-order chi connectivity index (χ0) is 59.9. The van der Waals surface area contributed by atoms with E-state index in [0.717, 1.165) is 18.2 Å². The van der Waals surface area contributed by atoms with E-state index in [9.17, 15) is 68.2 Å². The molecule has 4 rings (SSSR count). The fourth-order valence-electron chi connectivity index (χ4n) is 9.11. The number of hydrogen-bond acceptors (Lipinski definition) is 18. The quantitative estimate of drug-likeness (QED) is 0.00851. The number of hydrogen-bond donors (Lipinski definition) is 13. The lowest BCUT2D eigenvalue weighted by molar-refractivity contribution is -0.393. The number of nitrogen functional groups attached to an aromatic ring is 1. The van der Waals surface area contributed by atoms with Crippen molar-refractivity contribution in [3.63, 3.8) is 0 Å². The minimum absolute atomic E-state index is 0.0230. The lowest BCUT2D eigenvalue weighted by Gasteiger charge is -2.31. The van der Waals surface area contributed by atoms with Crippen LogP contribution in [0.3, 0.4) is 0 Å². The Hall–Kier alpha value is -9.23. The molecular formula is C49H72N18O14. The van der Waals surface area contributed by atoms with Gasteiger partial charge in [-0.2, -0.15) is 0 Å². The van der Waals surface area contributed by atoms with Gasteiger partial charge >= 0.3 is 0 Å². The number of carbonyl (C=O) groups excluding carboxylic acids is 10. The zero-order valence-corrected chi connectivity index (χ0v) is 44.7. The lowest BCUT2D eigenvalue weighted by atomic mass is 10.0. The number of unbranched alkanes of at least 4 members (excludes halogenated alkanes) is 1. The second-order valence-corrected chi connectivity index (χ2v) is 19.2. The predicted molar refractivity (Wildman–Crippen MR) is 291 cm³/mol. The van der Waals surface area contributed by atoms with E-state index in [1.165, 1.54) is 28.9 Å². The summed E-state index contributed by atoms with van der Waals surface area (Å²) < 4.78 is 0. The van der Waals surface area contributed by atoms with Gasteiger partial charge in [0, 0.05) is 50.9 Å². The van der Waals surface area contributed by atoms with Gasteiger partial charge in [0.05, 0.1) is 27.9 Å². The van der Waals surface area contributed by atoms with Crippen LogP contribution in [-0.2, 0) is 43.2 Å². The molecule has 10 amide bonds. The van der Waals surface area contributed by atoms with E-state index in [1.54, 1.807) is 12.1 Å². The Kier molecular flexibility index (Phi) is 24.9. The molecule has 81 heavy (non-hydrogen) atoms. The smallest absolute Gasteiger partial charge is 0.299 e. The van der Waals surface area contributed by atoms with Gasteiger partial charge < -0.3 is 81.4 Å². The highest BCUT2D eigenvalue weighted by molar-refractivity contribution is 6.03. The number of guanidine groups is 1. The first-order valence-corrected chi connectivity index (χ1v) is 26.2. The van der Waals surface area contributed by atoms with Gasteiger partial charge in [-0.05, 0) is 95.9 Å². The zero-order valence-electron chi connectivity index (χ0n) is 44.7. The maximum Gasteiger partial charge on any atom is 0.299 e. The summed E-state index contributed by atoms with van der Waals surface area (Å²) in [6, 6.07) is -0.0799. The van der Waals surface area contributed by atoms with E-state index < -0.39 is 129 Å². The molecule has 0 bridgehead atoms. The first-order valence-electron chi connectivity index (χ1n) is 26.2. The molecule has 7 atom stereocenters. The van der Waals surface area contributed by atoms with Gasteiger partial charge in [-0.3, -0.25) is 73.2 Å². The lowest BCUT2D eigenvalue weighted by Crippen LogP contribution is -2.59. The van der Waals surface area contributed by atoms with Crippen molar-refractivity contribution in [3.05, 3.63) is 68.3 Å². The number of rotatable bonds is 32. The van der Waals surface area contributed by atoms with Crippen LogP contribution in [0.2, 0.25) is 0 Å². The van der Waals surface area contributed by atoms with Crippen LogP contribution in [0.15, 0.2) is 47.5 Å². The van der Waals surface area contributed by atoms with Gasteiger partial charge in [0.25, 0.3) is 17.3 Å². The van der Waals surface area contributed by atoms with Crippen molar-refractivity contribution in [1.29, 1.82) is 0 Å². The molecule has 32 heteroatoms.